The van der Waals surface area contributed by atoms with Crippen LogP contribution in [-0.2, 0) is 6.42 Å². The third-order valence-electron chi connectivity index (χ3n) is 4.27. The van der Waals surface area contributed by atoms with Crippen LogP contribution >= 0.6 is 11.6 Å². The Labute approximate surface area is 146 Å². The Kier molecular flexibility index (Phi) is 4.91. The Morgan fingerprint density at radius 2 is 1.75 bits per heavy atom. The number of benzene rings is 2. The molecule has 0 saturated heterocycles. The Morgan fingerprint density at radius 3 is 2.42 bits per heavy atom. The van der Waals surface area contributed by atoms with E-state index in [9.17, 15) is 4.79 Å². The van der Waals surface area contributed by atoms with Crippen molar-refractivity contribution in [3.63, 3.8) is 0 Å². The summed E-state index contributed by atoms with van der Waals surface area (Å²) in [5.74, 6) is 0. The van der Waals surface area contributed by atoms with E-state index >= 15 is 0 Å². The van der Waals surface area contributed by atoms with E-state index in [0.717, 1.165) is 29.7 Å². The van der Waals surface area contributed by atoms with Crippen molar-refractivity contribution in [3.8, 4) is 0 Å². The van der Waals surface area contributed by atoms with Crippen LogP contribution in [0.3, 0.4) is 0 Å². The monoisotopic (exact) mass is 341 g/mol. The molecule has 0 fully saturated rings. The van der Waals surface area contributed by atoms with Crippen molar-refractivity contribution in [2.75, 3.05) is 18.0 Å². The summed E-state index contributed by atoms with van der Waals surface area (Å²) in [6.07, 6.45) is 0.468. The van der Waals surface area contributed by atoms with Gasteiger partial charge in [0, 0.05) is 36.7 Å². The highest BCUT2D eigenvalue weighted by molar-refractivity contribution is 6.36. The lowest BCUT2D eigenvalue weighted by molar-refractivity contribution is 0.552. The third kappa shape index (κ3) is 3.17. The number of fused-ring (bicyclic) bond motifs is 1. The Balaban J connectivity index is 2.08. The fraction of sp³-hybridized carbons (Fsp3) is 0.250. The maximum atomic E-state index is 12.4. The molecule has 0 spiro atoms. The average Bonchev–Trinajstić information content (AvgIpc) is 2.60. The zero-order chi connectivity index (χ0) is 17.1. The number of nitrogens with zero attached hydrogens (tertiary/aromatic N) is 1. The fourth-order valence-electron chi connectivity index (χ4n) is 2.93. The number of anilines is 1. The van der Waals surface area contributed by atoms with Crippen LogP contribution in [0.15, 0.2) is 57.7 Å². The molecule has 24 heavy (non-hydrogen) atoms. The van der Waals surface area contributed by atoms with E-state index in [1.165, 1.54) is 0 Å². The van der Waals surface area contributed by atoms with Gasteiger partial charge < -0.3 is 9.32 Å². The molecule has 0 unspecified atom stereocenters. The molecule has 0 aliphatic carbocycles. The van der Waals surface area contributed by atoms with Crippen molar-refractivity contribution in [3.05, 3.63) is 75.1 Å². The van der Waals surface area contributed by atoms with Crippen LogP contribution in [0.1, 0.15) is 25.0 Å². The molecule has 0 aliphatic heterocycles. The highest BCUT2D eigenvalue weighted by atomic mass is 35.5. The molecule has 0 N–H and O–H groups in total. The molecular weight excluding hydrogens is 322 g/mol. The van der Waals surface area contributed by atoms with E-state index in [2.05, 4.69) is 18.7 Å². The molecule has 0 aliphatic rings. The molecule has 3 rings (SSSR count). The highest BCUT2D eigenvalue weighted by Crippen LogP contribution is 2.29. The smallest absolute Gasteiger partial charge is 0.341 e. The Hall–Kier alpha value is -2.26. The summed E-state index contributed by atoms with van der Waals surface area (Å²) in [6.45, 7) is 5.98. The molecule has 3 nitrogen and oxygen atoms in total. The SMILES string of the molecule is CCN(CC)c1ccc2c(Cl)c(Cc3ccccc3)c(=O)oc2c1. The molecule has 0 atom stereocenters. The van der Waals surface area contributed by atoms with Crippen LogP contribution in [-0.4, -0.2) is 13.1 Å². The standard InChI is InChI=1S/C20H20ClNO2/c1-3-22(4-2)15-10-11-16-18(13-15)24-20(23)17(19(16)21)12-14-8-6-5-7-9-14/h5-11,13H,3-4,12H2,1-2H3. The molecule has 3 aromatic rings. The number of hydrogen-bond acceptors (Lipinski definition) is 3. The van der Waals surface area contributed by atoms with Gasteiger partial charge >= 0.3 is 5.63 Å². The van der Waals surface area contributed by atoms with Crippen molar-refractivity contribution in [2.24, 2.45) is 0 Å². The van der Waals surface area contributed by atoms with Crippen molar-refractivity contribution in [2.45, 2.75) is 20.3 Å². The van der Waals surface area contributed by atoms with Gasteiger partial charge in [0.25, 0.3) is 0 Å². The molecule has 1 heterocycles. The predicted octanol–water partition coefficient (Wildman–Crippen LogP) is 4.88. The summed E-state index contributed by atoms with van der Waals surface area (Å²) < 4.78 is 5.56. The first-order valence-electron chi connectivity index (χ1n) is 8.18. The summed E-state index contributed by atoms with van der Waals surface area (Å²) in [5, 5.41) is 1.26. The van der Waals surface area contributed by atoms with Gasteiger partial charge in [-0.2, -0.15) is 0 Å². The molecule has 0 bridgehead atoms. The minimum Gasteiger partial charge on any atom is -0.422 e. The maximum Gasteiger partial charge on any atom is 0.341 e. The summed E-state index contributed by atoms with van der Waals surface area (Å²) >= 11 is 6.52. The van der Waals surface area contributed by atoms with Crippen LogP contribution in [0.2, 0.25) is 5.02 Å². The maximum absolute atomic E-state index is 12.4. The first-order valence-corrected chi connectivity index (χ1v) is 8.56. The quantitative estimate of drug-likeness (QED) is 0.620. The highest BCUT2D eigenvalue weighted by Gasteiger charge is 2.15. The van der Waals surface area contributed by atoms with E-state index in [1.807, 2.05) is 48.5 Å². The van der Waals surface area contributed by atoms with Crippen LogP contribution in [0.4, 0.5) is 5.69 Å². The molecule has 0 radical (unpaired) electrons. The van der Waals surface area contributed by atoms with Gasteiger partial charge in [-0.25, -0.2) is 4.79 Å². The molecule has 2 aromatic carbocycles. The van der Waals surface area contributed by atoms with Crippen molar-refractivity contribution >= 4 is 28.3 Å². The van der Waals surface area contributed by atoms with Gasteiger partial charge in [0.05, 0.1) is 10.6 Å². The summed E-state index contributed by atoms with van der Waals surface area (Å²) in [5.41, 5.74) is 2.73. The van der Waals surface area contributed by atoms with Gasteiger partial charge in [0.1, 0.15) is 5.58 Å². The normalized spacial score (nSPS) is 11.0. The number of halogens is 1. The van der Waals surface area contributed by atoms with Gasteiger partial charge in [0.15, 0.2) is 0 Å². The number of rotatable bonds is 5. The van der Waals surface area contributed by atoms with Gasteiger partial charge in [-0.3, -0.25) is 0 Å². The van der Waals surface area contributed by atoms with Crippen LogP contribution in [0.25, 0.3) is 11.0 Å². The van der Waals surface area contributed by atoms with Gasteiger partial charge in [-0.1, -0.05) is 41.9 Å². The summed E-state index contributed by atoms with van der Waals surface area (Å²) in [7, 11) is 0. The number of hydrogen-bond donors (Lipinski definition) is 0. The fourth-order valence-corrected chi connectivity index (χ4v) is 3.23. The average molecular weight is 342 g/mol. The topological polar surface area (TPSA) is 33.5 Å². The van der Waals surface area contributed by atoms with Gasteiger partial charge in [0.2, 0.25) is 0 Å². The van der Waals surface area contributed by atoms with E-state index in [0.29, 0.717) is 22.6 Å². The largest absolute Gasteiger partial charge is 0.422 e. The van der Waals surface area contributed by atoms with Crippen LogP contribution in [0.5, 0.6) is 0 Å². The van der Waals surface area contributed by atoms with Crippen molar-refractivity contribution in [1.82, 2.24) is 0 Å². The lowest BCUT2D eigenvalue weighted by Gasteiger charge is -2.21. The molecule has 4 heteroatoms. The molecule has 1 aromatic heterocycles. The van der Waals surface area contributed by atoms with Crippen LogP contribution < -0.4 is 10.5 Å². The molecule has 124 valence electrons. The van der Waals surface area contributed by atoms with Crippen LogP contribution in [0, 0.1) is 0 Å². The second-order valence-corrected chi connectivity index (χ2v) is 6.08. The third-order valence-corrected chi connectivity index (χ3v) is 4.70. The Bertz CT molecular complexity index is 899. The summed E-state index contributed by atoms with van der Waals surface area (Å²) in [4.78, 5) is 14.6. The lowest BCUT2D eigenvalue weighted by atomic mass is 10.0. The van der Waals surface area contributed by atoms with E-state index < -0.39 is 0 Å². The van der Waals surface area contributed by atoms with E-state index in [4.69, 9.17) is 16.0 Å². The minimum absolute atomic E-state index is 0.368. The molecule has 0 amide bonds. The first kappa shape index (κ1) is 16.6. The van der Waals surface area contributed by atoms with Crippen molar-refractivity contribution in [1.29, 1.82) is 0 Å². The van der Waals surface area contributed by atoms with Gasteiger partial charge in [-0.05, 0) is 31.5 Å². The second-order valence-electron chi connectivity index (χ2n) is 5.70. The van der Waals surface area contributed by atoms with Crippen molar-refractivity contribution < 1.29 is 4.42 Å². The van der Waals surface area contributed by atoms with Gasteiger partial charge in [-0.15, -0.1) is 0 Å². The zero-order valence-electron chi connectivity index (χ0n) is 13.9. The summed E-state index contributed by atoms with van der Waals surface area (Å²) in [6, 6.07) is 15.6. The molecule has 0 saturated carbocycles. The van der Waals surface area contributed by atoms with E-state index in [1.54, 1.807) is 0 Å². The molecular formula is C20H20ClNO2. The lowest BCUT2D eigenvalue weighted by Crippen LogP contribution is -2.21. The minimum atomic E-state index is -0.368. The predicted molar refractivity (Wildman–Crippen MR) is 100 cm³/mol. The van der Waals surface area contributed by atoms with E-state index in [-0.39, 0.29) is 5.63 Å². The zero-order valence-corrected chi connectivity index (χ0v) is 14.6. The second kappa shape index (κ2) is 7.10. The Morgan fingerprint density at radius 1 is 1.04 bits per heavy atom. The first-order chi connectivity index (χ1) is 11.6.